The smallest absolute Gasteiger partial charge is 0.264 e. The number of aryl methyl sites for hydroxylation is 1. The van der Waals surface area contributed by atoms with Crippen molar-refractivity contribution in [2.75, 3.05) is 31.6 Å². The molecule has 0 saturated carbocycles. The number of benzene rings is 3. The number of sulfonamides is 1. The van der Waals surface area contributed by atoms with Gasteiger partial charge in [0.1, 0.15) is 24.1 Å². The summed E-state index contributed by atoms with van der Waals surface area (Å²) >= 11 is 0. The standard InChI is InChI=1S/C29H35N3O6S/c1-6-30-29(34)22(3)31(19-23-13-11-10-12-21(23)2)28(33)20-32(39(35,36)25-14-8-7-9-15-25)26-18-24(37-4)16-17-27(26)38-5/h7-18,22H,6,19-20H2,1-5H3,(H,30,34)/t22-/m1/s1. The molecule has 0 saturated heterocycles. The molecule has 0 radical (unpaired) electrons. The Morgan fingerprint density at radius 2 is 1.62 bits per heavy atom. The Morgan fingerprint density at radius 1 is 0.949 bits per heavy atom. The van der Waals surface area contributed by atoms with Crippen LogP contribution >= 0.6 is 0 Å². The molecule has 208 valence electrons. The number of nitrogens with one attached hydrogen (secondary N) is 1. The van der Waals surface area contributed by atoms with Crippen LogP contribution in [0.25, 0.3) is 0 Å². The number of nitrogens with zero attached hydrogens (tertiary/aromatic N) is 2. The molecule has 0 spiro atoms. The monoisotopic (exact) mass is 553 g/mol. The van der Waals surface area contributed by atoms with Gasteiger partial charge >= 0.3 is 0 Å². The van der Waals surface area contributed by atoms with Gasteiger partial charge in [-0.2, -0.15) is 0 Å². The van der Waals surface area contributed by atoms with Crippen LogP contribution in [0, 0.1) is 6.92 Å². The van der Waals surface area contributed by atoms with Crippen molar-refractivity contribution in [2.24, 2.45) is 0 Å². The quantitative estimate of drug-likeness (QED) is 0.366. The zero-order valence-corrected chi connectivity index (χ0v) is 23.7. The Balaban J connectivity index is 2.12. The molecule has 0 bridgehead atoms. The van der Waals surface area contributed by atoms with Crippen molar-refractivity contribution in [2.45, 2.75) is 38.3 Å². The first-order valence-electron chi connectivity index (χ1n) is 12.6. The highest BCUT2D eigenvalue weighted by atomic mass is 32.2. The summed E-state index contributed by atoms with van der Waals surface area (Å²) in [6.07, 6.45) is 0. The lowest BCUT2D eigenvalue weighted by atomic mass is 10.1. The third-order valence-electron chi connectivity index (χ3n) is 6.39. The van der Waals surface area contributed by atoms with Crippen LogP contribution in [0.3, 0.4) is 0 Å². The zero-order chi connectivity index (χ0) is 28.6. The van der Waals surface area contributed by atoms with Crippen molar-refractivity contribution in [3.05, 3.63) is 83.9 Å². The van der Waals surface area contributed by atoms with Gasteiger partial charge < -0.3 is 19.7 Å². The molecule has 39 heavy (non-hydrogen) atoms. The van der Waals surface area contributed by atoms with Crippen molar-refractivity contribution >= 4 is 27.5 Å². The molecule has 0 unspecified atom stereocenters. The van der Waals surface area contributed by atoms with Gasteiger partial charge in [0.05, 0.1) is 24.8 Å². The van der Waals surface area contributed by atoms with Crippen molar-refractivity contribution in [1.29, 1.82) is 0 Å². The zero-order valence-electron chi connectivity index (χ0n) is 22.9. The molecule has 1 atom stereocenters. The number of rotatable bonds is 12. The fraction of sp³-hybridized carbons (Fsp3) is 0.310. The summed E-state index contributed by atoms with van der Waals surface area (Å²) in [7, 11) is -1.35. The van der Waals surface area contributed by atoms with E-state index in [0.29, 0.717) is 12.3 Å². The molecule has 2 amide bonds. The highest BCUT2D eigenvalue weighted by molar-refractivity contribution is 7.92. The summed E-state index contributed by atoms with van der Waals surface area (Å²) in [5, 5.41) is 2.75. The van der Waals surface area contributed by atoms with Gasteiger partial charge in [0.2, 0.25) is 11.8 Å². The lowest BCUT2D eigenvalue weighted by Gasteiger charge is -2.32. The van der Waals surface area contributed by atoms with E-state index in [9.17, 15) is 18.0 Å². The molecule has 10 heteroatoms. The van der Waals surface area contributed by atoms with Crippen molar-refractivity contribution < 1.29 is 27.5 Å². The van der Waals surface area contributed by atoms with Crippen LogP contribution in [-0.2, 0) is 26.2 Å². The van der Waals surface area contributed by atoms with E-state index in [1.165, 1.54) is 37.3 Å². The van der Waals surface area contributed by atoms with E-state index in [1.807, 2.05) is 31.2 Å². The lowest BCUT2D eigenvalue weighted by molar-refractivity contribution is -0.139. The second kappa shape index (κ2) is 13.1. The van der Waals surface area contributed by atoms with Crippen LogP contribution in [0.2, 0.25) is 0 Å². The number of likely N-dealkylation sites (N-methyl/N-ethyl adjacent to an activating group) is 1. The topological polar surface area (TPSA) is 105 Å². The Labute approximate surface area is 230 Å². The third kappa shape index (κ3) is 6.88. The summed E-state index contributed by atoms with van der Waals surface area (Å²) in [6, 6.07) is 19.3. The first-order chi connectivity index (χ1) is 18.6. The number of carbonyl (C=O) groups is 2. The van der Waals surface area contributed by atoms with Gasteiger partial charge in [0.15, 0.2) is 0 Å². The number of carbonyl (C=O) groups excluding carboxylic acids is 2. The van der Waals surface area contributed by atoms with Crippen LogP contribution in [0.15, 0.2) is 77.7 Å². The molecular weight excluding hydrogens is 518 g/mol. The summed E-state index contributed by atoms with van der Waals surface area (Å²) in [4.78, 5) is 28.2. The largest absolute Gasteiger partial charge is 0.497 e. The van der Waals surface area contributed by atoms with E-state index in [0.717, 1.165) is 15.4 Å². The number of hydrogen-bond acceptors (Lipinski definition) is 6. The SMILES string of the molecule is CCNC(=O)[C@@H](C)N(Cc1ccccc1C)C(=O)CN(c1cc(OC)ccc1OC)S(=O)(=O)c1ccccc1. The molecule has 9 nitrogen and oxygen atoms in total. The Kier molecular flexibility index (Phi) is 9.95. The fourth-order valence-corrected chi connectivity index (χ4v) is 5.54. The van der Waals surface area contributed by atoms with Crippen LogP contribution < -0.4 is 19.1 Å². The predicted octanol–water partition coefficient (Wildman–Crippen LogP) is 3.76. The Bertz CT molecular complexity index is 1400. The minimum absolute atomic E-state index is 0.00454. The third-order valence-corrected chi connectivity index (χ3v) is 8.16. The van der Waals surface area contributed by atoms with Crippen molar-refractivity contribution in [1.82, 2.24) is 10.2 Å². The first kappa shape index (κ1) is 29.5. The minimum Gasteiger partial charge on any atom is -0.497 e. The second-order valence-corrected chi connectivity index (χ2v) is 10.7. The number of hydrogen-bond donors (Lipinski definition) is 1. The minimum atomic E-state index is -4.23. The molecule has 0 aromatic heterocycles. The van der Waals surface area contributed by atoms with Crippen LogP contribution in [-0.4, -0.2) is 58.5 Å². The number of amides is 2. The highest BCUT2D eigenvalue weighted by Crippen LogP contribution is 2.36. The molecule has 3 rings (SSSR count). The average molecular weight is 554 g/mol. The Hall–Kier alpha value is -4.05. The molecule has 3 aromatic carbocycles. The molecule has 1 N–H and O–H groups in total. The predicted molar refractivity (Wildman–Crippen MR) is 150 cm³/mol. The summed E-state index contributed by atoms with van der Waals surface area (Å²) in [6.45, 7) is 5.28. The van der Waals surface area contributed by atoms with Crippen LogP contribution in [0.5, 0.6) is 11.5 Å². The molecule has 0 aliphatic carbocycles. The number of anilines is 1. The van der Waals surface area contributed by atoms with Gasteiger partial charge in [-0.1, -0.05) is 42.5 Å². The van der Waals surface area contributed by atoms with Crippen LogP contribution in [0.4, 0.5) is 5.69 Å². The maximum Gasteiger partial charge on any atom is 0.264 e. The van der Waals surface area contributed by atoms with Crippen molar-refractivity contribution in [3.8, 4) is 11.5 Å². The molecule has 0 fully saturated rings. The maximum absolute atomic E-state index is 14.0. The number of methoxy groups -OCH3 is 2. The van der Waals surface area contributed by atoms with Gasteiger partial charge in [0.25, 0.3) is 10.0 Å². The van der Waals surface area contributed by atoms with Crippen LogP contribution in [0.1, 0.15) is 25.0 Å². The molecule has 0 aliphatic rings. The maximum atomic E-state index is 14.0. The molecular formula is C29H35N3O6S. The van der Waals surface area contributed by atoms with E-state index in [2.05, 4.69) is 5.32 Å². The van der Waals surface area contributed by atoms with Gasteiger partial charge in [-0.05, 0) is 56.2 Å². The first-order valence-corrected chi connectivity index (χ1v) is 14.0. The van der Waals surface area contributed by atoms with E-state index in [1.54, 1.807) is 44.2 Å². The fourth-order valence-electron chi connectivity index (χ4n) is 4.10. The van der Waals surface area contributed by atoms with E-state index >= 15 is 0 Å². The summed E-state index contributed by atoms with van der Waals surface area (Å²) < 4.78 is 39.7. The van der Waals surface area contributed by atoms with E-state index in [4.69, 9.17) is 9.47 Å². The Morgan fingerprint density at radius 3 is 2.23 bits per heavy atom. The van der Waals surface area contributed by atoms with Gasteiger partial charge in [0, 0.05) is 19.2 Å². The normalized spacial score (nSPS) is 11.8. The van der Waals surface area contributed by atoms with Gasteiger partial charge in [-0.25, -0.2) is 8.42 Å². The van der Waals surface area contributed by atoms with Crippen molar-refractivity contribution in [3.63, 3.8) is 0 Å². The molecule has 3 aromatic rings. The van der Waals surface area contributed by atoms with Gasteiger partial charge in [-0.3, -0.25) is 13.9 Å². The van der Waals surface area contributed by atoms with Gasteiger partial charge in [-0.15, -0.1) is 0 Å². The summed E-state index contributed by atoms with van der Waals surface area (Å²) in [5.74, 6) is -0.262. The average Bonchev–Trinajstić information content (AvgIpc) is 2.95. The van der Waals surface area contributed by atoms with E-state index < -0.39 is 28.5 Å². The summed E-state index contributed by atoms with van der Waals surface area (Å²) in [5.41, 5.74) is 1.93. The molecule has 0 heterocycles. The van der Waals surface area contributed by atoms with E-state index in [-0.39, 0.29) is 28.8 Å². The lowest BCUT2D eigenvalue weighted by Crippen LogP contribution is -2.51. The number of ether oxygens (including phenoxy) is 2. The molecule has 0 aliphatic heterocycles. The second-order valence-electron chi connectivity index (χ2n) is 8.88. The highest BCUT2D eigenvalue weighted by Gasteiger charge is 2.34.